The van der Waals surface area contributed by atoms with E-state index in [1.54, 1.807) is 37.3 Å². The molecule has 28 heavy (non-hydrogen) atoms. The fourth-order valence-electron chi connectivity index (χ4n) is 2.44. The summed E-state index contributed by atoms with van der Waals surface area (Å²) in [5.74, 6) is -2.09. The first-order valence-corrected chi connectivity index (χ1v) is 8.60. The molecule has 0 fully saturated rings. The van der Waals surface area contributed by atoms with Gasteiger partial charge in [0, 0.05) is 12.1 Å². The average molecular weight is 388 g/mol. The lowest BCUT2D eigenvalue weighted by Gasteiger charge is -2.18. The Morgan fingerprint density at radius 3 is 2.43 bits per heavy atom. The van der Waals surface area contributed by atoms with Crippen molar-refractivity contribution in [2.24, 2.45) is 0 Å². The van der Waals surface area contributed by atoms with Gasteiger partial charge in [0.2, 0.25) is 6.10 Å². The van der Waals surface area contributed by atoms with Gasteiger partial charge in [-0.1, -0.05) is 36.4 Å². The molecule has 2 aromatic rings. The lowest BCUT2D eigenvalue weighted by molar-refractivity contribution is -0.155. The van der Waals surface area contributed by atoms with Gasteiger partial charge in [0.15, 0.2) is 11.6 Å². The van der Waals surface area contributed by atoms with Crippen LogP contribution in [-0.2, 0) is 20.7 Å². The van der Waals surface area contributed by atoms with Crippen molar-refractivity contribution in [2.45, 2.75) is 19.4 Å². The third-order valence-electron chi connectivity index (χ3n) is 3.73. The molecule has 2 rings (SSSR count). The molecule has 3 amide bonds. The molecule has 0 aromatic heterocycles. The van der Waals surface area contributed by atoms with Crippen LogP contribution in [0.3, 0.4) is 0 Å². The van der Waals surface area contributed by atoms with E-state index in [-0.39, 0.29) is 12.2 Å². The Morgan fingerprint density at radius 2 is 1.82 bits per heavy atom. The van der Waals surface area contributed by atoms with Crippen LogP contribution < -0.4 is 15.4 Å². The number of halogens is 1. The normalized spacial score (nSPS) is 11.2. The van der Waals surface area contributed by atoms with Gasteiger partial charge in [0.05, 0.1) is 13.5 Å². The molecular formula is C20H21FN2O5. The quantitative estimate of drug-likeness (QED) is 0.711. The van der Waals surface area contributed by atoms with Crippen LogP contribution in [0.4, 0.5) is 9.18 Å². The molecule has 0 aliphatic rings. The molecule has 0 heterocycles. The average Bonchev–Trinajstić information content (AvgIpc) is 2.67. The molecule has 0 spiro atoms. The van der Waals surface area contributed by atoms with E-state index in [0.717, 1.165) is 6.07 Å². The zero-order chi connectivity index (χ0) is 20.5. The van der Waals surface area contributed by atoms with Crippen molar-refractivity contribution in [3.05, 3.63) is 65.5 Å². The molecule has 2 aromatic carbocycles. The summed E-state index contributed by atoms with van der Waals surface area (Å²) in [6.07, 6.45) is -1.57. The zero-order valence-electron chi connectivity index (χ0n) is 15.5. The van der Waals surface area contributed by atoms with Gasteiger partial charge < -0.3 is 14.8 Å². The highest BCUT2D eigenvalue weighted by Gasteiger charge is 2.26. The Kier molecular flexibility index (Phi) is 7.50. The van der Waals surface area contributed by atoms with Crippen molar-refractivity contribution in [3.63, 3.8) is 0 Å². The predicted molar refractivity (Wildman–Crippen MR) is 99.1 cm³/mol. The van der Waals surface area contributed by atoms with Gasteiger partial charge in [-0.05, 0) is 24.6 Å². The molecule has 0 saturated carbocycles. The number of rotatable bonds is 7. The maximum atomic E-state index is 13.8. The van der Waals surface area contributed by atoms with Crippen LogP contribution in [0.15, 0.2) is 48.5 Å². The molecule has 0 aliphatic carbocycles. The van der Waals surface area contributed by atoms with E-state index in [2.05, 4.69) is 10.6 Å². The Balaban J connectivity index is 2.13. The number of nitrogens with one attached hydrogen (secondary N) is 2. The summed E-state index contributed by atoms with van der Waals surface area (Å²) in [4.78, 5) is 36.4. The zero-order valence-corrected chi connectivity index (χ0v) is 15.5. The second kappa shape index (κ2) is 10.1. The summed E-state index contributed by atoms with van der Waals surface area (Å²) >= 11 is 0. The SMILES string of the molecule is CCNC(=O)NC(=O)[C@@H](OC(=O)Cc1ccc(OC)c(F)c1)c1ccccc1. The van der Waals surface area contributed by atoms with Crippen molar-refractivity contribution in [2.75, 3.05) is 13.7 Å². The monoisotopic (exact) mass is 388 g/mol. The fraction of sp³-hybridized carbons (Fsp3) is 0.250. The summed E-state index contributed by atoms with van der Waals surface area (Å²) in [5.41, 5.74) is 0.762. The molecule has 7 nitrogen and oxygen atoms in total. The van der Waals surface area contributed by atoms with Crippen LogP contribution in [-0.4, -0.2) is 31.6 Å². The van der Waals surface area contributed by atoms with E-state index >= 15 is 0 Å². The fourth-order valence-corrected chi connectivity index (χ4v) is 2.44. The summed E-state index contributed by atoms with van der Waals surface area (Å²) in [7, 11) is 1.34. The summed E-state index contributed by atoms with van der Waals surface area (Å²) in [6.45, 7) is 2.03. The van der Waals surface area contributed by atoms with Gasteiger partial charge in [0.1, 0.15) is 0 Å². The Hall–Kier alpha value is -3.42. The van der Waals surface area contributed by atoms with Crippen molar-refractivity contribution < 1.29 is 28.2 Å². The Labute approximate surface area is 161 Å². The number of carbonyl (C=O) groups is 3. The van der Waals surface area contributed by atoms with Crippen LogP contribution in [0, 0.1) is 5.82 Å². The van der Waals surface area contributed by atoms with E-state index in [9.17, 15) is 18.8 Å². The molecule has 0 radical (unpaired) electrons. The van der Waals surface area contributed by atoms with Crippen molar-refractivity contribution >= 4 is 17.9 Å². The summed E-state index contributed by atoms with van der Waals surface area (Å²) in [6, 6.07) is 11.7. The lowest BCUT2D eigenvalue weighted by atomic mass is 10.1. The van der Waals surface area contributed by atoms with Crippen molar-refractivity contribution in [1.29, 1.82) is 0 Å². The Morgan fingerprint density at radius 1 is 1.11 bits per heavy atom. The maximum Gasteiger partial charge on any atom is 0.321 e. The maximum absolute atomic E-state index is 13.8. The van der Waals surface area contributed by atoms with E-state index < -0.39 is 29.8 Å². The first-order chi connectivity index (χ1) is 13.4. The second-order valence-corrected chi connectivity index (χ2v) is 5.77. The first-order valence-electron chi connectivity index (χ1n) is 8.60. The number of urea groups is 1. The number of carbonyl (C=O) groups excluding carboxylic acids is 3. The number of ether oxygens (including phenoxy) is 2. The van der Waals surface area contributed by atoms with Crippen molar-refractivity contribution in [1.82, 2.24) is 10.6 Å². The molecule has 0 unspecified atom stereocenters. The van der Waals surface area contributed by atoms with Gasteiger partial charge >= 0.3 is 12.0 Å². The first kappa shape index (κ1) is 20.9. The van der Waals surface area contributed by atoms with Crippen LogP contribution in [0.1, 0.15) is 24.2 Å². The van der Waals surface area contributed by atoms with E-state index in [4.69, 9.17) is 9.47 Å². The molecule has 1 atom stereocenters. The molecule has 0 saturated heterocycles. The van der Waals surface area contributed by atoms with Gasteiger partial charge in [-0.15, -0.1) is 0 Å². The summed E-state index contributed by atoms with van der Waals surface area (Å²) in [5, 5.41) is 4.56. The Bertz CT molecular complexity index is 842. The highest BCUT2D eigenvalue weighted by Crippen LogP contribution is 2.21. The van der Waals surface area contributed by atoms with E-state index in [1.165, 1.54) is 19.2 Å². The van der Waals surface area contributed by atoms with Crippen LogP contribution in [0.2, 0.25) is 0 Å². The highest BCUT2D eigenvalue weighted by atomic mass is 19.1. The van der Waals surface area contributed by atoms with Crippen LogP contribution in [0.25, 0.3) is 0 Å². The minimum atomic E-state index is -1.32. The van der Waals surface area contributed by atoms with Gasteiger partial charge in [0.25, 0.3) is 5.91 Å². The molecule has 0 bridgehead atoms. The number of imide groups is 1. The number of esters is 1. The number of hydrogen-bond acceptors (Lipinski definition) is 5. The molecule has 2 N–H and O–H groups in total. The molecular weight excluding hydrogens is 367 g/mol. The number of amides is 3. The number of methoxy groups -OCH3 is 1. The van der Waals surface area contributed by atoms with Gasteiger partial charge in [-0.2, -0.15) is 0 Å². The minimum absolute atomic E-state index is 0.0561. The van der Waals surface area contributed by atoms with Crippen LogP contribution >= 0.6 is 0 Å². The standard InChI is InChI=1S/C20H21FN2O5/c1-3-22-20(26)23-19(25)18(14-7-5-4-6-8-14)28-17(24)12-13-9-10-16(27-2)15(21)11-13/h4-11,18H,3,12H2,1-2H3,(H2,22,23,25,26)/t18-/m0/s1. The molecule has 148 valence electrons. The lowest BCUT2D eigenvalue weighted by Crippen LogP contribution is -2.42. The summed E-state index contributed by atoms with van der Waals surface area (Å²) < 4.78 is 23.9. The highest BCUT2D eigenvalue weighted by molar-refractivity contribution is 5.97. The third kappa shape index (κ3) is 5.80. The van der Waals surface area contributed by atoms with E-state index in [0.29, 0.717) is 17.7 Å². The van der Waals surface area contributed by atoms with Gasteiger partial charge in [-0.3, -0.25) is 14.9 Å². The minimum Gasteiger partial charge on any atom is -0.494 e. The second-order valence-electron chi connectivity index (χ2n) is 5.77. The van der Waals surface area contributed by atoms with Crippen molar-refractivity contribution in [3.8, 4) is 5.75 Å². The topological polar surface area (TPSA) is 93.7 Å². The van der Waals surface area contributed by atoms with E-state index in [1.807, 2.05) is 0 Å². The third-order valence-corrected chi connectivity index (χ3v) is 3.73. The van der Waals surface area contributed by atoms with Gasteiger partial charge in [-0.25, -0.2) is 9.18 Å². The number of benzene rings is 2. The molecule has 0 aliphatic heterocycles. The molecule has 8 heteroatoms. The predicted octanol–water partition coefficient (Wildman–Crippen LogP) is 2.51. The van der Waals surface area contributed by atoms with Crippen LogP contribution in [0.5, 0.6) is 5.75 Å². The smallest absolute Gasteiger partial charge is 0.321 e. The largest absolute Gasteiger partial charge is 0.494 e. The number of hydrogen-bond donors (Lipinski definition) is 2.